The molecule has 0 aromatic rings. The molecule has 5 nitrogen and oxygen atoms in total. The lowest BCUT2D eigenvalue weighted by atomic mass is 9.99. The van der Waals surface area contributed by atoms with Crippen LogP contribution in [0, 0.1) is 5.92 Å². The summed E-state index contributed by atoms with van der Waals surface area (Å²) in [5, 5.41) is 28.2. The van der Waals surface area contributed by atoms with Crippen LogP contribution >= 0.6 is 0 Å². The van der Waals surface area contributed by atoms with E-state index in [1.165, 1.54) is 6.92 Å². The molecule has 0 heterocycles. The van der Waals surface area contributed by atoms with E-state index in [1.54, 1.807) is 0 Å². The zero-order valence-electron chi connectivity index (χ0n) is 8.09. The highest BCUT2D eigenvalue weighted by Crippen LogP contribution is 2.28. The van der Waals surface area contributed by atoms with E-state index in [4.69, 9.17) is 0 Å². The molecule has 1 saturated carbocycles. The van der Waals surface area contributed by atoms with Gasteiger partial charge in [0, 0.05) is 12.8 Å². The van der Waals surface area contributed by atoms with Crippen molar-refractivity contribution in [2.24, 2.45) is 5.92 Å². The summed E-state index contributed by atoms with van der Waals surface area (Å²) in [6.07, 6.45) is -1.56. The second-order valence-corrected chi connectivity index (χ2v) is 3.67. The number of esters is 1. The molecule has 2 unspecified atom stereocenters. The first-order chi connectivity index (χ1) is 6.52. The van der Waals surface area contributed by atoms with Crippen molar-refractivity contribution in [1.82, 2.24) is 0 Å². The average molecular weight is 204 g/mol. The molecule has 1 aliphatic carbocycles. The van der Waals surface area contributed by atoms with Crippen LogP contribution in [0.1, 0.15) is 19.8 Å². The minimum absolute atomic E-state index is 0.121. The fraction of sp³-hybridized carbons (Fsp3) is 0.889. The van der Waals surface area contributed by atoms with Crippen molar-refractivity contribution in [2.45, 2.75) is 38.1 Å². The van der Waals surface area contributed by atoms with Gasteiger partial charge in [0.2, 0.25) is 0 Å². The first-order valence-corrected chi connectivity index (χ1v) is 4.70. The Morgan fingerprint density at radius 3 is 2.57 bits per heavy atom. The molecule has 14 heavy (non-hydrogen) atoms. The van der Waals surface area contributed by atoms with Gasteiger partial charge in [0.15, 0.2) is 0 Å². The third-order valence-corrected chi connectivity index (χ3v) is 2.58. The average Bonchev–Trinajstić information content (AvgIpc) is 2.44. The number of hydrogen-bond acceptors (Lipinski definition) is 5. The van der Waals surface area contributed by atoms with E-state index in [-0.39, 0.29) is 6.61 Å². The number of rotatable bonds is 3. The first kappa shape index (κ1) is 11.4. The Hall–Kier alpha value is -0.650. The molecule has 3 N–H and O–H groups in total. The largest absolute Gasteiger partial charge is 0.463 e. The number of ether oxygens (including phenoxy) is 1. The monoisotopic (exact) mass is 204 g/mol. The van der Waals surface area contributed by atoms with Gasteiger partial charge in [0.1, 0.15) is 6.61 Å². The molecule has 0 amide bonds. The topological polar surface area (TPSA) is 87.0 Å². The van der Waals surface area contributed by atoms with Crippen LogP contribution in [0.2, 0.25) is 0 Å². The summed E-state index contributed by atoms with van der Waals surface area (Å²) in [7, 11) is 0. The number of aliphatic hydroxyl groups is 3. The molecule has 1 aliphatic rings. The van der Waals surface area contributed by atoms with Crippen LogP contribution in [-0.4, -0.2) is 46.2 Å². The summed E-state index contributed by atoms with van der Waals surface area (Å²) >= 11 is 0. The molecular weight excluding hydrogens is 188 g/mol. The molecule has 1 fully saturated rings. The highest BCUT2D eigenvalue weighted by molar-refractivity contribution is 5.65. The fourth-order valence-electron chi connectivity index (χ4n) is 1.74. The van der Waals surface area contributed by atoms with Crippen molar-refractivity contribution in [3.8, 4) is 0 Å². The summed E-state index contributed by atoms with van der Waals surface area (Å²) in [4.78, 5) is 10.5. The molecule has 5 heteroatoms. The van der Waals surface area contributed by atoms with E-state index in [0.29, 0.717) is 12.8 Å². The maximum absolute atomic E-state index is 10.5. The van der Waals surface area contributed by atoms with Crippen molar-refractivity contribution in [3.05, 3.63) is 0 Å². The fourth-order valence-corrected chi connectivity index (χ4v) is 1.74. The molecule has 82 valence electrons. The molecule has 0 spiro atoms. The Morgan fingerprint density at radius 2 is 2.14 bits per heavy atom. The van der Waals surface area contributed by atoms with E-state index < -0.39 is 30.2 Å². The third-order valence-electron chi connectivity index (χ3n) is 2.58. The minimum Gasteiger partial charge on any atom is -0.463 e. The number of aliphatic hydroxyl groups excluding tert-OH is 3. The standard InChI is InChI=1S/C9H16O5/c1-5(10)14-4-8(12)6-2-3-7(11)9(6)13/h6-9,11-13H,2-4H2,1H3/t6-,7?,8-,9?/m1/s1. The van der Waals surface area contributed by atoms with Crippen molar-refractivity contribution < 1.29 is 24.9 Å². The van der Waals surface area contributed by atoms with Crippen LogP contribution in [0.3, 0.4) is 0 Å². The Labute approximate surface area is 82.3 Å². The smallest absolute Gasteiger partial charge is 0.302 e. The van der Waals surface area contributed by atoms with Crippen LogP contribution in [0.25, 0.3) is 0 Å². The second-order valence-electron chi connectivity index (χ2n) is 3.67. The maximum Gasteiger partial charge on any atom is 0.302 e. The van der Waals surface area contributed by atoms with Gasteiger partial charge in [-0.15, -0.1) is 0 Å². The predicted octanol–water partition coefficient (Wildman–Crippen LogP) is -0.958. The zero-order valence-corrected chi connectivity index (χ0v) is 8.09. The van der Waals surface area contributed by atoms with E-state index in [9.17, 15) is 20.1 Å². The maximum atomic E-state index is 10.5. The lowest BCUT2D eigenvalue weighted by Gasteiger charge is -2.21. The third kappa shape index (κ3) is 2.67. The molecule has 0 aliphatic heterocycles. The van der Waals surface area contributed by atoms with Gasteiger partial charge in [-0.3, -0.25) is 4.79 Å². The summed E-state index contributed by atoms with van der Waals surface area (Å²) in [6.45, 7) is 1.14. The predicted molar refractivity (Wildman–Crippen MR) is 47.4 cm³/mol. The number of carbonyl (C=O) groups is 1. The Balaban J connectivity index is 2.37. The highest BCUT2D eigenvalue weighted by atomic mass is 16.5. The summed E-state index contributed by atoms with van der Waals surface area (Å²) in [6, 6.07) is 0. The molecule has 1 rings (SSSR count). The zero-order chi connectivity index (χ0) is 10.7. The van der Waals surface area contributed by atoms with Crippen molar-refractivity contribution in [2.75, 3.05) is 6.61 Å². The number of carbonyl (C=O) groups excluding carboxylic acids is 1. The van der Waals surface area contributed by atoms with Gasteiger partial charge in [-0.1, -0.05) is 0 Å². The lowest BCUT2D eigenvalue weighted by molar-refractivity contribution is -0.146. The Kier molecular flexibility index (Phi) is 3.86. The minimum atomic E-state index is -0.916. The quantitative estimate of drug-likeness (QED) is 0.515. The number of hydrogen-bond donors (Lipinski definition) is 3. The van der Waals surface area contributed by atoms with Crippen LogP contribution < -0.4 is 0 Å². The molecule has 0 aromatic heterocycles. The SMILES string of the molecule is CC(=O)OC[C@@H](O)[C@H]1CCC(O)C1O. The van der Waals surface area contributed by atoms with Gasteiger partial charge in [-0.05, 0) is 12.8 Å². The Bertz CT molecular complexity index is 205. The molecule has 0 bridgehead atoms. The summed E-state index contributed by atoms with van der Waals surface area (Å²) < 4.78 is 4.62. The van der Waals surface area contributed by atoms with Crippen LogP contribution in [0.15, 0.2) is 0 Å². The van der Waals surface area contributed by atoms with Gasteiger partial charge in [0.25, 0.3) is 0 Å². The van der Waals surface area contributed by atoms with Gasteiger partial charge in [-0.25, -0.2) is 0 Å². The molecule has 0 aromatic carbocycles. The molecule has 4 atom stereocenters. The van der Waals surface area contributed by atoms with Gasteiger partial charge in [-0.2, -0.15) is 0 Å². The van der Waals surface area contributed by atoms with E-state index in [2.05, 4.69) is 4.74 Å². The second kappa shape index (κ2) is 4.72. The highest BCUT2D eigenvalue weighted by Gasteiger charge is 2.38. The van der Waals surface area contributed by atoms with Gasteiger partial charge < -0.3 is 20.1 Å². The van der Waals surface area contributed by atoms with Crippen molar-refractivity contribution in [3.63, 3.8) is 0 Å². The van der Waals surface area contributed by atoms with Crippen molar-refractivity contribution in [1.29, 1.82) is 0 Å². The van der Waals surface area contributed by atoms with Gasteiger partial charge >= 0.3 is 5.97 Å². The molecule has 0 radical (unpaired) electrons. The van der Waals surface area contributed by atoms with Crippen LogP contribution in [0.4, 0.5) is 0 Å². The van der Waals surface area contributed by atoms with Crippen LogP contribution in [-0.2, 0) is 9.53 Å². The summed E-state index contributed by atoms with van der Waals surface area (Å²) in [5.74, 6) is -0.860. The first-order valence-electron chi connectivity index (χ1n) is 4.70. The summed E-state index contributed by atoms with van der Waals surface area (Å²) in [5.41, 5.74) is 0. The van der Waals surface area contributed by atoms with E-state index in [0.717, 1.165) is 0 Å². The van der Waals surface area contributed by atoms with E-state index in [1.807, 2.05) is 0 Å². The lowest BCUT2D eigenvalue weighted by Crippen LogP contribution is -2.35. The molecular formula is C9H16O5. The van der Waals surface area contributed by atoms with Crippen molar-refractivity contribution >= 4 is 5.97 Å². The normalized spacial score (nSPS) is 34.1. The molecule has 0 saturated heterocycles. The van der Waals surface area contributed by atoms with Crippen LogP contribution in [0.5, 0.6) is 0 Å². The Morgan fingerprint density at radius 1 is 1.50 bits per heavy atom. The van der Waals surface area contributed by atoms with E-state index >= 15 is 0 Å². The van der Waals surface area contributed by atoms with Gasteiger partial charge in [0.05, 0.1) is 18.3 Å².